The van der Waals surface area contributed by atoms with Crippen molar-refractivity contribution in [1.82, 2.24) is 4.90 Å². The summed E-state index contributed by atoms with van der Waals surface area (Å²) in [4.78, 5) is 2.46. The molecule has 2 N–H and O–H groups in total. The number of hydrogen-bond donors (Lipinski definition) is 1. The maximum Gasteiger partial charge on any atom is 0.00444 e. The van der Waals surface area contributed by atoms with Gasteiger partial charge in [-0.15, -0.1) is 0 Å². The molecule has 1 rings (SSSR count). The van der Waals surface area contributed by atoms with Crippen molar-refractivity contribution >= 4 is 0 Å². The third-order valence-corrected chi connectivity index (χ3v) is 3.82. The number of hydrogen-bond acceptors (Lipinski definition) is 2. The molecule has 1 aliphatic rings. The van der Waals surface area contributed by atoms with Gasteiger partial charge in [0.15, 0.2) is 0 Å². The van der Waals surface area contributed by atoms with Gasteiger partial charge in [0.25, 0.3) is 0 Å². The summed E-state index contributed by atoms with van der Waals surface area (Å²) in [6.07, 6.45) is 2.60. The Kier molecular flexibility index (Phi) is 3.96. The maximum atomic E-state index is 5.81. The first-order chi connectivity index (χ1) is 6.50. The van der Waals surface area contributed by atoms with E-state index in [1.54, 1.807) is 0 Å². The van der Waals surface area contributed by atoms with Crippen LogP contribution in [0.2, 0.25) is 0 Å². The molecule has 1 saturated carbocycles. The molecule has 0 heterocycles. The van der Waals surface area contributed by atoms with Crippen molar-refractivity contribution < 1.29 is 0 Å². The summed E-state index contributed by atoms with van der Waals surface area (Å²) < 4.78 is 0. The Bertz CT molecular complexity index is 175. The lowest BCUT2D eigenvalue weighted by molar-refractivity contribution is 0.185. The van der Waals surface area contributed by atoms with E-state index in [0.29, 0.717) is 5.41 Å². The van der Waals surface area contributed by atoms with Crippen molar-refractivity contribution in [3.63, 3.8) is 0 Å². The smallest absolute Gasteiger partial charge is 0.00444 e. The third-order valence-electron chi connectivity index (χ3n) is 3.82. The Hall–Kier alpha value is -0.0800. The van der Waals surface area contributed by atoms with Crippen LogP contribution in [-0.2, 0) is 0 Å². The van der Waals surface area contributed by atoms with Crippen molar-refractivity contribution in [3.8, 4) is 0 Å². The number of nitrogens with zero attached hydrogens (tertiary/aromatic N) is 1. The summed E-state index contributed by atoms with van der Waals surface area (Å²) in [5, 5.41) is 0. The molecule has 0 saturated heterocycles. The molecule has 3 atom stereocenters. The predicted molar refractivity (Wildman–Crippen MR) is 62.2 cm³/mol. The molecular formula is C12H26N2. The summed E-state index contributed by atoms with van der Waals surface area (Å²) in [5.74, 6) is 1.92. The van der Waals surface area contributed by atoms with Gasteiger partial charge in [0.05, 0.1) is 0 Å². The van der Waals surface area contributed by atoms with E-state index >= 15 is 0 Å². The summed E-state index contributed by atoms with van der Waals surface area (Å²) in [5.41, 5.74) is 6.13. The van der Waals surface area contributed by atoms with Crippen LogP contribution in [0.5, 0.6) is 0 Å². The van der Waals surface area contributed by atoms with Crippen LogP contribution in [0.4, 0.5) is 0 Å². The molecule has 1 aliphatic carbocycles. The van der Waals surface area contributed by atoms with Crippen molar-refractivity contribution in [3.05, 3.63) is 0 Å². The molecular weight excluding hydrogens is 172 g/mol. The molecule has 0 bridgehead atoms. The quantitative estimate of drug-likeness (QED) is 0.707. The lowest BCUT2D eigenvalue weighted by Crippen LogP contribution is -2.39. The summed E-state index contributed by atoms with van der Waals surface area (Å²) >= 11 is 0. The molecule has 3 unspecified atom stereocenters. The Balaban J connectivity index is 2.27. The monoisotopic (exact) mass is 198 g/mol. The molecule has 0 spiro atoms. The van der Waals surface area contributed by atoms with Crippen LogP contribution < -0.4 is 5.73 Å². The molecule has 0 amide bonds. The van der Waals surface area contributed by atoms with Crippen molar-refractivity contribution in [2.45, 2.75) is 33.6 Å². The molecule has 0 aromatic rings. The minimum absolute atomic E-state index is 0.312. The van der Waals surface area contributed by atoms with E-state index in [4.69, 9.17) is 5.73 Å². The van der Waals surface area contributed by atoms with Gasteiger partial charge in [0.2, 0.25) is 0 Å². The van der Waals surface area contributed by atoms with Gasteiger partial charge in [-0.2, -0.15) is 0 Å². The Morgan fingerprint density at radius 1 is 1.50 bits per heavy atom. The van der Waals surface area contributed by atoms with E-state index in [0.717, 1.165) is 24.9 Å². The fraction of sp³-hybridized carbons (Fsp3) is 1.00. The summed E-state index contributed by atoms with van der Waals surface area (Å²) in [7, 11) is 2.23. The van der Waals surface area contributed by atoms with Crippen LogP contribution in [0.3, 0.4) is 0 Å². The Labute approximate surface area is 88.8 Å². The second-order valence-corrected chi connectivity index (χ2v) is 5.54. The fourth-order valence-corrected chi connectivity index (χ4v) is 2.09. The highest BCUT2D eigenvalue weighted by Crippen LogP contribution is 2.38. The van der Waals surface area contributed by atoms with E-state index in [2.05, 4.69) is 32.7 Å². The molecule has 2 heteroatoms. The molecule has 0 aromatic heterocycles. The van der Waals surface area contributed by atoms with E-state index < -0.39 is 0 Å². The lowest BCUT2D eigenvalue weighted by Gasteiger charge is -2.31. The Morgan fingerprint density at radius 3 is 2.43 bits per heavy atom. The molecule has 1 fully saturated rings. The molecule has 0 radical (unpaired) electrons. The van der Waals surface area contributed by atoms with Crippen LogP contribution in [-0.4, -0.2) is 31.6 Å². The SMILES string of the molecule is CCC(C)(CN)CN(C)CC1CC1C. The van der Waals surface area contributed by atoms with Crippen molar-refractivity contribution in [1.29, 1.82) is 0 Å². The molecule has 0 aliphatic heterocycles. The zero-order valence-corrected chi connectivity index (χ0v) is 10.2. The van der Waals surface area contributed by atoms with Gasteiger partial charge >= 0.3 is 0 Å². The predicted octanol–water partition coefficient (Wildman–Crippen LogP) is 1.95. The molecule has 0 aromatic carbocycles. The van der Waals surface area contributed by atoms with Gasteiger partial charge in [0, 0.05) is 13.1 Å². The van der Waals surface area contributed by atoms with Crippen LogP contribution in [0, 0.1) is 17.3 Å². The minimum Gasteiger partial charge on any atom is -0.330 e. The molecule has 84 valence electrons. The highest BCUT2D eigenvalue weighted by atomic mass is 15.1. The second kappa shape index (κ2) is 4.63. The number of nitrogens with two attached hydrogens (primary N) is 1. The first-order valence-electron chi connectivity index (χ1n) is 5.89. The van der Waals surface area contributed by atoms with Gasteiger partial charge in [-0.05, 0) is 43.7 Å². The van der Waals surface area contributed by atoms with E-state index in [1.165, 1.54) is 19.4 Å². The Morgan fingerprint density at radius 2 is 2.07 bits per heavy atom. The van der Waals surface area contributed by atoms with Gasteiger partial charge < -0.3 is 10.6 Å². The van der Waals surface area contributed by atoms with Gasteiger partial charge in [-0.3, -0.25) is 0 Å². The number of rotatable bonds is 6. The van der Waals surface area contributed by atoms with Crippen molar-refractivity contribution in [2.75, 3.05) is 26.7 Å². The molecule has 2 nitrogen and oxygen atoms in total. The highest BCUT2D eigenvalue weighted by Gasteiger charge is 2.34. The zero-order valence-electron chi connectivity index (χ0n) is 10.2. The van der Waals surface area contributed by atoms with E-state index in [1.807, 2.05) is 0 Å². The van der Waals surface area contributed by atoms with E-state index in [-0.39, 0.29) is 0 Å². The van der Waals surface area contributed by atoms with E-state index in [9.17, 15) is 0 Å². The summed E-state index contributed by atoms with van der Waals surface area (Å²) in [6, 6.07) is 0. The largest absolute Gasteiger partial charge is 0.330 e. The average molecular weight is 198 g/mol. The zero-order chi connectivity index (χ0) is 10.8. The average Bonchev–Trinajstić information content (AvgIpc) is 2.81. The third kappa shape index (κ3) is 3.25. The maximum absolute atomic E-state index is 5.81. The normalized spacial score (nSPS) is 30.4. The van der Waals surface area contributed by atoms with Gasteiger partial charge in [-0.1, -0.05) is 20.8 Å². The van der Waals surface area contributed by atoms with Crippen LogP contribution >= 0.6 is 0 Å². The molecule has 14 heavy (non-hydrogen) atoms. The highest BCUT2D eigenvalue weighted by molar-refractivity contribution is 4.86. The first kappa shape index (κ1) is 12.0. The van der Waals surface area contributed by atoms with Gasteiger partial charge in [-0.25, -0.2) is 0 Å². The topological polar surface area (TPSA) is 29.3 Å². The lowest BCUT2D eigenvalue weighted by atomic mass is 9.87. The fourth-order valence-electron chi connectivity index (χ4n) is 2.09. The minimum atomic E-state index is 0.312. The van der Waals surface area contributed by atoms with Crippen molar-refractivity contribution in [2.24, 2.45) is 23.0 Å². The standard InChI is InChI=1S/C12H26N2/c1-5-12(3,8-13)9-14(4)7-11-6-10(11)2/h10-11H,5-9,13H2,1-4H3. The van der Waals surface area contributed by atoms with Gasteiger partial charge in [0.1, 0.15) is 0 Å². The van der Waals surface area contributed by atoms with Crippen LogP contribution in [0.15, 0.2) is 0 Å². The summed E-state index contributed by atoms with van der Waals surface area (Å²) in [6.45, 7) is 10.1. The van der Waals surface area contributed by atoms with Crippen LogP contribution in [0.25, 0.3) is 0 Å². The second-order valence-electron chi connectivity index (χ2n) is 5.54. The first-order valence-corrected chi connectivity index (χ1v) is 5.89. The van der Waals surface area contributed by atoms with Crippen LogP contribution in [0.1, 0.15) is 33.6 Å².